The summed E-state index contributed by atoms with van der Waals surface area (Å²) in [5, 5.41) is 3.30. The van der Waals surface area contributed by atoms with Crippen molar-refractivity contribution in [3.05, 3.63) is 23.8 Å². The topological polar surface area (TPSA) is 61.6 Å². The summed E-state index contributed by atoms with van der Waals surface area (Å²) in [6.45, 7) is 2.94. The summed E-state index contributed by atoms with van der Waals surface area (Å²) < 4.78 is 0. The SMILES string of the molecule is CC(CNc1ccc(C(=O)N(C)C)cc1N)N(C)C. The van der Waals surface area contributed by atoms with Crippen LogP contribution in [0.4, 0.5) is 11.4 Å². The Kier molecular flexibility index (Phi) is 5.18. The maximum Gasteiger partial charge on any atom is 0.253 e. The Hall–Kier alpha value is -1.75. The molecule has 5 heteroatoms. The standard InChI is InChI=1S/C14H24N4O/c1-10(17(2)3)9-16-13-7-6-11(8-12(13)15)14(19)18(4)5/h6-8,10,16H,9,15H2,1-5H3. The van der Waals surface area contributed by atoms with Gasteiger partial charge in [0.25, 0.3) is 5.91 Å². The molecule has 106 valence electrons. The molecule has 5 nitrogen and oxygen atoms in total. The van der Waals surface area contributed by atoms with Crippen LogP contribution in [0.15, 0.2) is 18.2 Å². The van der Waals surface area contributed by atoms with Gasteiger partial charge in [0.15, 0.2) is 0 Å². The van der Waals surface area contributed by atoms with E-state index in [0.29, 0.717) is 17.3 Å². The highest BCUT2D eigenvalue weighted by Crippen LogP contribution is 2.20. The maximum atomic E-state index is 11.8. The Morgan fingerprint density at radius 3 is 2.42 bits per heavy atom. The lowest BCUT2D eigenvalue weighted by molar-refractivity contribution is 0.0827. The number of anilines is 2. The van der Waals surface area contributed by atoms with Crippen molar-refractivity contribution in [2.45, 2.75) is 13.0 Å². The van der Waals surface area contributed by atoms with Crippen LogP contribution in [0.25, 0.3) is 0 Å². The fourth-order valence-electron chi connectivity index (χ4n) is 1.56. The Morgan fingerprint density at radius 2 is 1.95 bits per heavy atom. The fourth-order valence-corrected chi connectivity index (χ4v) is 1.56. The highest BCUT2D eigenvalue weighted by Gasteiger charge is 2.10. The van der Waals surface area contributed by atoms with Gasteiger partial charge in [-0.3, -0.25) is 4.79 Å². The number of hydrogen-bond donors (Lipinski definition) is 2. The number of rotatable bonds is 5. The zero-order chi connectivity index (χ0) is 14.6. The number of nitrogen functional groups attached to an aromatic ring is 1. The van der Waals surface area contributed by atoms with Crippen LogP contribution in [-0.4, -0.2) is 56.5 Å². The lowest BCUT2D eigenvalue weighted by Gasteiger charge is -2.21. The van der Waals surface area contributed by atoms with Crippen LogP contribution in [-0.2, 0) is 0 Å². The minimum Gasteiger partial charge on any atom is -0.397 e. The largest absolute Gasteiger partial charge is 0.397 e. The van der Waals surface area contributed by atoms with E-state index in [0.717, 1.165) is 12.2 Å². The number of nitrogens with two attached hydrogens (primary N) is 1. The van der Waals surface area contributed by atoms with E-state index in [1.54, 1.807) is 26.2 Å². The molecule has 1 atom stereocenters. The Bertz CT molecular complexity index is 443. The summed E-state index contributed by atoms with van der Waals surface area (Å²) in [5.41, 5.74) is 8.04. The van der Waals surface area contributed by atoms with E-state index in [-0.39, 0.29) is 5.91 Å². The average Bonchev–Trinajstić information content (AvgIpc) is 2.35. The van der Waals surface area contributed by atoms with Crippen LogP contribution in [0.2, 0.25) is 0 Å². The monoisotopic (exact) mass is 264 g/mol. The van der Waals surface area contributed by atoms with Crippen molar-refractivity contribution >= 4 is 17.3 Å². The van der Waals surface area contributed by atoms with Crippen molar-refractivity contribution in [3.8, 4) is 0 Å². The third-order valence-corrected chi connectivity index (χ3v) is 3.17. The number of amides is 1. The maximum absolute atomic E-state index is 11.8. The summed E-state index contributed by atoms with van der Waals surface area (Å²) in [5.74, 6) is -0.0418. The summed E-state index contributed by atoms with van der Waals surface area (Å²) in [6.07, 6.45) is 0. The molecule has 0 aliphatic rings. The average molecular weight is 264 g/mol. The third-order valence-electron chi connectivity index (χ3n) is 3.17. The van der Waals surface area contributed by atoms with E-state index in [4.69, 9.17) is 5.73 Å². The minimum absolute atomic E-state index is 0.0418. The van der Waals surface area contributed by atoms with Gasteiger partial charge in [-0.15, -0.1) is 0 Å². The van der Waals surface area contributed by atoms with E-state index >= 15 is 0 Å². The predicted molar refractivity (Wildman–Crippen MR) is 80.5 cm³/mol. The second-order valence-electron chi connectivity index (χ2n) is 5.20. The van der Waals surface area contributed by atoms with E-state index < -0.39 is 0 Å². The Labute approximate surface area is 115 Å². The molecule has 0 heterocycles. The first-order valence-corrected chi connectivity index (χ1v) is 6.34. The number of carbonyl (C=O) groups excluding carboxylic acids is 1. The molecule has 1 amide bonds. The normalized spacial score (nSPS) is 12.3. The highest BCUT2D eigenvalue weighted by molar-refractivity contribution is 5.95. The van der Waals surface area contributed by atoms with Crippen molar-refractivity contribution in [1.29, 1.82) is 0 Å². The summed E-state index contributed by atoms with van der Waals surface area (Å²) in [7, 11) is 7.52. The first-order chi connectivity index (χ1) is 8.82. The van der Waals surface area contributed by atoms with Gasteiger partial charge in [0.2, 0.25) is 0 Å². The van der Waals surface area contributed by atoms with Crippen LogP contribution in [0.3, 0.4) is 0 Å². The molecule has 0 bridgehead atoms. The molecule has 0 spiro atoms. The second kappa shape index (κ2) is 6.43. The summed E-state index contributed by atoms with van der Waals surface area (Å²) >= 11 is 0. The molecular formula is C14H24N4O. The number of carbonyl (C=O) groups is 1. The fraction of sp³-hybridized carbons (Fsp3) is 0.500. The zero-order valence-electron chi connectivity index (χ0n) is 12.4. The lowest BCUT2D eigenvalue weighted by Crippen LogP contribution is -2.31. The molecule has 1 aromatic carbocycles. The first-order valence-electron chi connectivity index (χ1n) is 6.34. The number of nitrogens with one attached hydrogen (secondary N) is 1. The number of nitrogens with zero attached hydrogens (tertiary/aromatic N) is 2. The third kappa shape index (κ3) is 4.13. The zero-order valence-corrected chi connectivity index (χ0v) is 12.4. The molecule has 3 N–H and O–H groups in total. The highest BCUT2D eigenvalue weighted by atomic mass is 16.2. The Morgan fingerprint density at radius 1 is 1.32 bits per heavy atom. The van der Waals surface area contributed by atoms with Crippen LogP contribution < -0.4 is 11.1 Å². The van der Waals surface area contributed by atoms with Crippen LogP contribution in [0, 0.1) is 0 Å². The summed E-state index contributed by atoms with van der Waals surface area (Å²) in [6, 6.07) is 5.77. The van der Waals surface area contributed by atoms with Gasteiger partial charge in [0.1, 0.15) is 0 Å². The number of likely N-dealkylation sites (N-methyl/N-ethyl adjacent to an activating group) is 1. The molecule has 0 aliphatic heterocycles. The van der Waals surface area contributed by atoms with Crippen molar-refractivity contribution in [3.63, 3.8) is 0 Å². The van der Waals surface area contributed by atoms with Gasteiger partial charge in [0.05, 0.1) is 11.4 Å². The van der Waals surface area contributed by atoms with Crippen LogP contribution in [0.5, 0.6) is 0 Å². The molecule has 0 fully saturated rings. The van der Waals surface area contributed by atoms with Gasteiger partial charge in [-0.1, -0.05) is 0 Å². The molecule has 0 aromatic heterocycles. The predicted octanol–water partition coefficient (Wildman–Crippen LogP) is 1.33. The molecule has 1 aromatic rings. The van der Waals surface area contributed by atoms with Crippen molar-refractivity contribution < 1.29 is 4.79 Å². The van der Waals surface area contributed by atoms with Gasteiger partial charge in [-0.05, 0) is 39.2 Å². The smallest absolute Gasteiger partial charge is 0.253 e. The molecule has 0 saturated heterocycles. The molecule has 0 aliphatic carbocycles. The van der Waals surface area contributed by atoms with E-state index in [2.05, 4.69) is 17.1 Å². The van der Waals surface area contributed by atoms with Crippen LogP contribution in [0.1, 0.15) is 17.3 Å². The quantitative estimate of drug-likeness (QED) is 0.788. The van der Waals surface area contributed by atoms with E-state index in [1.165, 1.54) is 4.90 Å². The van der Waals surface area contributed by atoms with Gasteiger partial charge < -0.3 is 20.9 Å². The summed E-state index contributed by atoms with van der Waals surface area (Å²) in [4.78, 5) is 15.5. The molecular weight excluding hydrogens is 240 g/mol. The van der Waals surface area contributed by atoms with E-state index in [1.807, 2.05) is 20.2 Å². The minimum atomic E-state index is -0.0418. The van der Waals surface area contributed by atoms with E-state index in [9.17, 15) is 4.79 Å². The van der Waals surface area contributed by atoms with Gasteiger partial charge >= 0.3 is 0 Å². The molecule has 1 unspecified atom stereocenters. The molecule has 0 radical (unpaired) electrons. The van der Waals surface area contributed by atoms with Crippen molar-refractivity contribution in [2.75, 3.05) is 45.8 Å². The molecule has 19 heavy (non-hydrogen) atoms. The van der Waals surface area contributed by atoms with Gasteiger partial charge in [0, 0.05) is 32.2 Å². The van der Waals surface area contributed by atoms with Gasteiger partial charge in [-0.25, -0.2) is 0 Å². The molecule has 0 saturated carbocycles. The van der Waals surface area contributed by atoms with Gasteiger partial charge in [-0.2, -0.15) is 0 Å². The number of benzene rings is 1. The first kappa shape index (κ1) is 15.3. The van der Waals surface area contributed by atoms with Crippen molar-refractivity contribution in [2.24, 2.45) is 0 Å². The van der Waals surface area contributed by atoms with Crippen LogP contribution >= 0.6 is 0 Å². The Balaban J connectivity index is 2.75. The number of hydrogen-bond acceptors (Lipinski definition) is 4. The lowest BCUT2D eigenvalue weighted by atomic mass is 10.1. The molecule has 1 rings (SSSR count). The van der Waals surface area contributed by atoms with Crippen molar-refractivity contribution in [1.82, 2.24) is 9.80 Å². The second-order valence-corrected chi connectivity index (χ2v) is 5.20.